The first-order chi connectivity index (χ1) is 31.8. The van der Waals surface area contributed by atoms with Gasteiger partial charge in [0.25, 0.3) is 0 Å². The number of carbonyl (C=O) groups is 1. The molecule has 4 aromatic rings. The van der Waals surface area contributed by atoms with Gasteiger partial charge in [-0.2, -0.15) is 0 Å². The van der Waals surface area contributed by atoms with Crippen molar-refractivity contribution < 1.29 is 71.1 Å². The van der Waals surface area contributed by atoms with E-state index in [1.165, 1.54) is 0 Å². The standard InChI is InChI=1S/C49H68O15/c50-40-47-46-14-8-7-13-45(46)39-48(63-37-35-59-29-27-55-21-19-51-15-17-53-23-25-57-31-33-61-41-43-9-3-1-4-10-43)49(47)64-38-36-60-30-28-56-22-20-52-16-18-54-24-26-58-32-34-62-42-44-11-5-2-6-12-44/h1-14,39-40H,15-38,41-42H2. The quantitative estimate of drug-likeness (QED) is 0.0378. The summed E-state index contributed by atoms with van der Waals surface area (Å²) in [6.45, 7) is 11.8. The summed E-state index contributed by atoms with van der Waals surface area (Å²) in [5.41, 5.74) is 2.71. The number of carbonyl (C=O) groups excluding carboxylic acids is 1. The summed E-state index contributed by atoms with van der Waals surface area (Å²) in [6.07, 6.45) is 0.792. The average molecular weight is 897 g/mol. The summed E-state index contributed by atoms with van der Waals surface area (Å²) < 4.78 is 79.1. The third-order valence-corrected chi connectivity index (χ3v) is 9.03. The first-order valence-corrected chi connectivity index (χ1v) is 22.1. The third kappa shape index (κ3) is 24.8. The van der Waals surface area contributed by atoms with Crippen molar-refractivity contribution in [3.8, 4) is 11.5 Å². The van der Waals surface area contributed by atoms with E-state index in [2.05, 4.69) is 0 Å². The number of hydrogen-bond donors (Lipinski definition) is 0. The zero-order valence-electron chi connectivity index (χ0n) is 37.2. The second-order valence-electron chi connectivity index (χ2n) is 13.9. The lowest BCUT2D eigenvalue weighted by atomic mass is 10.0. The van der Waals surface area contributed by atoms with E-state index in [0.29, 0.717) is 176 Å². The van der Waals surface area contributed by atoms with E-state index in [-0.39, 0.29) is 13.2 Å². The van der Waals surface area contributed by atoms with E-state index < -0.39 is 0 Å². The predicted molar refractivity (Wildman–Crippen MR) is 241 cm³/mol. The molecule has 0 aromatic heterocycles. The maximum atomic E-state index is 12.2. The number of fused-ring (bicyclic) bond motifs is 1. The van der Waals surface area contributed by atoms with Gasteiger partial charge in [-0.25, -0.2) is 0 Å². The molecular weight excluding hydrogens is 829 g/mol. The molecule has 64 heavy (non-hydrogen) atoms. The molecule has 0 aliphatic heterocycles. The summed E-state index contributed by atoms with van der Waals surface area (Å²) in [5, 5.41) is 1.65. The fourth-order valence-corrected chi connectivity index (χ4v) is 5.84. The summed E-state index contributed by atoms with van der Waals surface area (Å²) in [6, 6.07) is 29.6. The average Bonchev–Trinajstić information content (AvgIpc) is 3.33. The van der Waals surface area contributed by atoms with Gasteiger partial charge < -0.3 is 66.3 Å². The molecule has 0 bridgehead atoms. The second kappa shape index (κ2) is 37.2. The maximum absolute atomic E-state index is 12.2. The van der Waals surface area contributed by atoms with E-state index in [1.807, 2.05) is 91.0 Å². The second-order valence-corrected chi connectivity index (χ2v) is 13.9. The minimum absolute atomic E-state index is 0.220. The molecule has 354 valence electrons. The highest BCUT2D eigenvalue weighted by Gasteiger charge is 2.16. The summed E-state index contributed by atoms with van der Waals surface area (Å²) in [4.78, 5) is 12.2. The van der Waals surface area contributed by atoms with E-state index >= 15 is 0 Å². The molecule has 0 saturated heterocycles. The Morgan fingerprint density at radius 1 is 0.328 bits per heavy atom. The van der Waals surface area contributed by atoms with E-state index in [4.69, 9.17) is 66.3 Å². The monoisotopic (exact) mass is 896 g/mol. The van der Waals surface area contributed by atoms with Gasteiger partial charge in [0.2, 0.25) is 0 Å². The van der Waals surface area contributed by atoms with Crippen LogP contribution in [-0.2, 0) is 70.1 Å². The Morgan fingerprint density at radius 2 is 0.641 bits per heavy atom. The van der Waals surface area contributed by atoms with Crippen molar-refractivity contribution >= 4 is 17.1 Å². The normalized spacial score (nSPS) is 11.4. The molecule has 0 atom stereocenters. The lowest BCUT2D eigenvalue weighted by Crippen LogP contribution is -2.15. The van der Waals surface area contributed by atoms with Gasteiger partial charge in [0.15, 0.2) is 17.8 Å². The number of benzene rings is 4. The largest absolute Gasteiger partial charge is 0.487 e. The predicted octanol–water partition coefficient (Wildman–Crippen LogP) is 6.01. The van der Waals surface area contributed by atoms with Crippen LogP contribution in [0, 0.1) is 0 Å². The summed E-state index contributed by atoms with van der Waals surface area (Å²) in [7, 11) is 0. The Kier molecular flexibility index (Phi) is 30.5. The topological polar surface area (TPSA) is 146 Å². The highest BCUT2D eigenvalue weighted by atomic mass is 16.6. The molecule has 0 spiro atoms. The van der Waals surface area contributed by atoms with Crippen molar-refractivity contribution in [1.82, 2.24) is 0 Å². The van der Waals surface area contributed by atoms with Crippen molar-refractivity contribution in [3.05, 3.63) is 108 Å². The van der Waals surface area contributed by atoms with Gasteiger partial charge in [-0.05, 0) is 28.0 Å². The van der Waals surface area contributed by atoms with Crippen LogP contribution < -0.4 is 9.47 Å². The smallest absolute Gasteiger partial charge is 0.172 e. The Balaban J connectivity index is 0.925. The molecule has 0 heterocycles. The Morgan fingerprint density at radius 3 is 1.02 bits per heavy atom. The molecule has 0 N–H and O–H groups in total. The van der Waals surface area contributed by atoms with Crippen LogP contribution >= 0.6 is 0 Å². The Labute approximate surface area is 378 Å². The highest BCUT2D eigenvalue weighted by Crippen LogP contribution is 2.37. The first-order valence-electron chi connectivity index (χ1n) is 22.1. The fraction of sp³-hybridized carbons (Fsp3) is 0.531. The number of rotatable bonds is 43. The van der Waals surface area contributed by atoms with Gasteiger partial charge in [0.05, 0.1) is 164 Å². The molecule has 0 aliphatic carbocycles. The van der Waals surface area contributed by atoms with Gasteiger partial charge in [-0.15, -0.1) is 0 Å². The van der Waals surface area contributed by atoms with Gasteiger partial charge in [-0.3, -0.25) is 4.79 Å². The van der Waals surface area contributed by atoms with E-state index in [1.54, 1.807) is 0 Å². The SMILES string of the molecule is O=Cc1c(OCCOCCOCCOCCOCCOCCOCc2ccccc2)c(OCCOCCOCCOCCOCCOCCOCc2ccccc2)cc2ccccc12. The molecule has 0 aliphatic rings. The minimum Gasteiger partial charge on any atom is -0.487 e. The van der Waals surface area contributed by atoms with Crippen LogP contribution in [0.3, 0.4) is 0 Å². The van der Waals surface area contributed by atoms with Crippen LogP contribution in [0.5, 0.6) is 11.5 Å². The van der Waals surface area contributed by atoms with Crippen LogP contribution in [0.4, 0.5) is 0 Å². The van der Waals surface area contributed by atoms with Crippen LogP contribution in [0.15, 0.2) is 91.0 Å². The van der Waals surface area contributed by atoms with Gasteiger partial charge in [0, 0.05) is 0 Å². The zero-order chi connectivity index (χ0) is 44.6. The van der Waals surface area contributed by atoms with Gasteiger partial charge >= 0.3 is 0 Å². The molecule has 4 aromatic carbocycles. The van der Waals surface area contributed by atoms with Crippen molar-refractivity contribution in [3.63, 3.8) is 0 Å². The molecule has 0 unspecified atom stereocenters. The van der Waals surface area contributed by atoms with Gasteiger partial charge in [-0.1, -0.05) is 84.9 Å². The van der Waals surface area contributed by atoms with Crippen molar-refractivity contribution in [2.75, 3.05) is 159 Å². The van der Waals surface area contributed by atoms with Crippen molar-refractivity contribution in [2.45, 2.75) is 13.2 Å². The van der Waals surface area contributed by atoms with Crippen LogP contribution in [0.1, 0.15) is 21.5 Å². The third-order valence-electron chi connectivity index (χ3n) is 9.03. The molecular formula is C49H68O15. The summed E-state index contributed by atoms with van der Waals surface area (Å²) in [5.74, 6) is 0.828. The summed E-state index contributed by atoms with van der Waals surface area (Å²) >= 11 is 0. The minimum atomic E-state index is 0.220. The fourth-order valence-electron chi connectivity index (χ4n) is 5.84. The zero-order valence-corrected chi connectivity index (χ0v) is 37.2. The number of hydrogen-bond acceptors (Lipinski definition) is 15. The molecule has 0 saturated carbocycles. The van der Waals surface area contributed by atoms with Gasteiger partial charge in [0.1, 0.15) is 13.2 Å². The van der Waals surface area contributed by atoms with Crippen LogP contribution in [-0.4, -0.2) is 165 Å². The van der Waals surface area contributed by atoms with Crippen molar-refractivity contribution in [2.24, 2.45) is 0 Å². The molecule has 0 amide bonds. The van der Waals surface area contributed by atoms with Crippen molar-refractivity contribution in [1.29, 1.82) is 0 Å². The van der Waals surface area contributed by atoms with Crippen LogP contribution in [0.2, 0.25) is 0 Å². The van der Waals surface area contributed by atoms with E-state index in [9.17, 15) is 4.79 Å². The Hall–Kier alpha value is -4.07. The lowest BCUT2D eigenvalue weighted by molar-refractivity contribution is -0.0189. The lowest BCUT2D eigenvalue weighted by Gasteiger charge is -2.17. The number of ether oxygens (including phenoxy) is 14. The Bertz CT molecular complexity index is 1700. The van der Waals surface area contributed by atoms with Crippen LogP contribution in [0.25, 0.3) is 10.8 Å². The molecule has 15 heteroatoms. The molecule has 4 rings (SSSR count). The molecule has 15 nitrogen and oxygen atoms in total. The number of aldehydes is 1. The maximum Gasteiger partial charge on any atom is 0.172 e. The first kappa shape index (κ1) is 52.6. The highest BCUT2D eigenvalue weighted by molar-refractivity contribution is 6.02. The molecule has 0 fully saturated rings. The van der Waals surface area contributed by atoms with E-state index in [0.717, 1.165) is 28.2 Å². The molecule has 0 radical (unpaired) electrons.